The van der Waals surface area contributed by atoms with Gasteiger partial charge in [0.1, 0.15) is 0 Å². The van der Waals surface area contributed by atoms with Crippen molar-refractivity contribution in [2.75, 3.05) is 10.6 Å². The van der Waals surface area contributed by atoms with Crippen LogP contribution in [0, 0.1) is 6.92 Å². The van der Waals surface area contributed by atoms with Crippen molar-refractivity contribution in [2.45, 2.75) is 33.2 Å². The fourth-order valence-electron chi connectivity index (χ4n) is 1.67. The molecule has 0 saturated carbocycles. The number of nitrogens with zero attached hydrogens (tertiary/aromatic N) is 3. The molecule has 1 unspecified atom stereocenters. The lowest BCUT2D eigenvalue weighted by molar-refractivity contribution is 0.755. The summed E-state index contributed by atoms with van der Waals surface area (Å²) in [6, 6.07) is 5.96. The number of benzene rings is 1. The summed E-state index contributed by atoms with van der Waals surface area (Å²) in [7, 11) is 0. The van der Waals surface area contributed by atoms with E-state index in [1.807, 2.05) is 25.1 Å². The standard InChI is InChI=1S/C14H18ClN5/c1-4-10(3)17-13-8-16-20-14(19-13)18-12-6-5-11(15)7-9(12)2/h5-8,10H,4H2,1-3H3,(H2,17,18,19,20). The molecule has 2 rings (SSSR count). The molecule has 1 heterocycles. The quantitative estimate of drug-likeness (QED) is 0.877. The third-order valence-electron chi connectivity index (χ3n) is 3.00. The van der Waals surface area contributed by atoms with Gasteiger partial charge in [-0.15, -0.1) is 5.10 Å². The summed E-state index contributed by atoms with van der Waals surface area (Å²) < 4.78 is 0. The van der Waals surface area contributed by atoms with Crippen molar-refractivity contribution in [1.82, 2.24) is 15.2 Å². The van der Waals surface area contributed by atoms with Gasteiger partial charge < -0.3 is 10.6 Å². The molecule has 2 N–H and O–H groups in total. The van der Waals surface area contributed by atoms with Crippen LogP contribution in [-0.2, 0) is 0 Å². The van der Waals surface area contributed by atoms with E-state index in [2.05, 4.69) is 39.7 Å². The molecule has 6 heteroatoms. The fraction of sp³-hybridized carbons (Fsp3) is 0.357. The second-order valence-corrected chi connectivity index (χ2v) is 5.14. The van der Waals surface area contributed by atoms with Gasteiger partial charge in [0.05, 0.1) is 6.20 Å². The normalized spacial score (nSPS) is 12.0. The van der Waals surface area contributed by atoms with Crippen molar-refractivity contribution in [1.29, 1.82) is 0 Å². The zero-order valence-corrected chi connectivity index (χ0v) is 12.6. The van der Waals surface area contributed by atoms with E-state index in [-0.39, 0.29) is 0 Å². The molecule has 2 aromatic rings. The fourth-order valence-corrected chi connectivity index (χ4v) is 1.90. The summed E-state index contributed by atoms with van der Waals surface area (Å²) >= 11 is 5.94. The Bertz CT molecular complexity index is 588. The smallest absolute Gasteiger partial charge is 0.249 e. The minimum absolute atomic E-state index is 0.344. The molecule has 1 aromatic heterocycles. The molecule has 0 aliphatic carbocycles. The van der Waals surface area contributed by atoms with Gasteiger partial charge in [-0.1, -0.05) is 18.5 Å². The summed E-state index contributed by atoms with van der Waals surface area (Å²) in [6.07, 6.45) is 2.63. The van der Waals surface area contributed by atoms with E-state index in [1.165, 1.54) is 0 Å². The molecule has 0 radical (unpaired) electrons. The van der Waals surface area contributed by atoms with E-state index in [0.717, 1.165) is 17.7 Å². The first-order chi connectivity index (χ1) is 9.58. The first-order valence-corrected chi connectivity index (χ1v) is 6.95. The highest BCUT2D eigenvalue weighted by molar-refractivity contribution is 6.30. The summed E-state index contributed by atoms with van der Waals surface area (Å²) in [5.74, 6) is 1.17. The Morgan fingerprint density at radius 1 is 1.35 bits per heavy atom. The van der Waals surface area contributed by atoms with Gasteiger partial charge >= 0.3 is 0 Å². The largest absolute Gasteiger partial charge is 0.366 e. The van der Waals surface area contributed by atoms with E-state index >= 15 is 0 Å². The third-order valence-corrected chi connectivity index (χ3v) is 3.24. The van der Waals surface area contributed by atoms with Crippen LogP contribution < -0.4 is 10.6 Å². The molecule has 0 amide bonds. The van der Waals surface area contributed by atoms with Gasteiger partial charge in [0, 0.05) is 16.8 Å². The van der Waals surface area contributed by atoms with E-state index in [4.69, 9.17) is 11.6 Å². The molecule has 0 fully saturated rings. The monoisotopic (exact) mass is 291 g/mol. The third kappa shape index (κ3) is 3.81. The Morgan fingerprint density at radius 2 is 2.15 bits per heavy atom. The van der Waals surface area contributed by atoms with E-state index < -0.39 is 0 Å². The Morgan fingerprint density at radius 3 is 2.85 bits per heavy atom. The minimum atomic E-state index is 0.344. The number of anilines is 3. The Hall–Kier alpha value is -1.88. The number of hydrogen-bond acceptors (Lipinski definition) is 5. The van der Waals surface area contributed by atoms with Crippen LogP contribution in [0.4, 0.5) is 17.5 Å². The lowest BCUT2D eigenvalue weighted by Gasteiger charge is -2.12. The summed E-state index contributed by atoms with van der Waals surface area (Å²) in [5.41, 5.74) is 1.94. The molecule has 1 aromatic carbocycles. The van der Waals surface area contributed by atoms with Gasteiger partial charge in [0.25, 0.3) is 0 Å². The Balaban J connectivity index is 2.15. The van der Waals surface area contributed by atoms with Crippen LogP contribution in [0.3, 0.4) is 0 Å². The maximum Gasteiger partial charge on any atom is 0.249 e. The average Bonchev–Trinajstić information content (AvgIpc) is 2.42. The molecular weight excluding hydrogens is 274 g/mol. The highest BCUT2D eigenvalue weighted by Gasteiger charge is 2.05. The number of nitrogens with one attached hydrogen (secondary N) is 2. The van der Waals surface area contributed by atoms with Gasteiger partial charge in [0.2, 0.25) is 5.95 Å². The zero-order chi connectivity index (χ0) is 14.5. The minimum Gasteiger partial charge on any atom is -0.366 e. The highest BCUT2D eigenvalue weighted by atomic mass is 35.5. The lowest BCUT2D eigenvalue weighted by atomic mass is 10.2. The number of aryl methyl sites for hydroxylation is 1. The average molecular weight is 292 g/mol. The van der Waals surface area contributed by atoms with Crippen molar-refractivity contribution >= 4 is 29.1 Å². The molecule has 1 atom stereocenters. The summed E-state index contributed by atoms with van der Waals surface area (Å²) in [4.78, 5) is 4.39. The van der Waals surface area contributed by atoms with E-state index in [9.17, 15) is 0 Å². The Labute approximate surface area is 123 Å². The molecule has 0 aliphatic heterocycles. The number of hydrogen-bond donors (Lipinski definition) is 2. The maximum atomic E-state index is 5.94. The summed E-state index contributed by atoms with van der Waals surface area (Å²) in [5, 5.41) is 15.1. The SMILES string of the molecule is CCC(C)Nc1cnnc(Nc2ccc(Cl)cc2C)n1. The van der Waals surface area contributed by atoms with Gasteiger partial charge in [0.15, 0.2) is 5.82 Å². The topological polar surface area (TPSA) is 62.7 Å². The number of halogens is 1. The second-order valence-electron chi connectivity index (χ2n) is 4.70. The molecule has 0 saturated heterocycles. The van der Waals surface area contributed by atoms with Gasteiger partial charge in [-0.2, -0.15) is 10.1 Å². The first-order valence-electron chi connectivity index (χ1n) is 6.58. The second kappa shape index (κ2) is 6.52. The zero-order valence-electron chi connectivity index (χ0n) is 11.8. The molecule has 0 bridgehead atoms. The molecule has 5 nitrogen and oxygen atoms in total. The maximum absolute atomic E-state index is 5.94. The van der Waals surface area contributed by atoms with Crippen LogP contribution in [0.15, 0.2) is 24.4 Å². The molecule has 106 valence electrons. The lowest BCUT2D eigenvalue weighted by Crippen LogP contribution is -2.15. The first kappa shape index (κ1) is 14.5. The van der Waals surface area contributed by atoms with Crippen LogP contribution in [0.1, 0.15) is 25.8 Å². The van der Waals surface area contributed by atoms with Crippen molar-refractivity contribution < 1.29 is 0 Å². The predicted octanol–water partition coefficient (Wildman–Crippen LogP) is 3.79. The molecule has 0 spiro atoms. The van der Waals surface area contributed by atoms with Crippen molar-refractivity contribution in [3.05, 3.63) is 35.0 Å². The van der Waals surface area contributed by atoms with Gasteiger partial charge in [-0.05, 0) is 44.0 Å². The van der Waals surface area contributed by atoms with Crippen molar-refractivity contribution in [2.24, 2.45) is 0 Å². The van der Waals surface area contributed by atoms with E-state index in [1.54, 1.807) is 6.20 Å². The van der Waals surface area contributed by atoms with Crippen LogP contribution in [0.25, 0.3) is 0 Å². The van der Waals surface area contributed by atoms with Gasteiger partial charge in [-0.25, -0.2) is 0 Å². The molecule has 0 aliphatic rings. The number of aromatic nitrogens is 3. The highest BCUT2D eigenvalue weighted by Crippen LogP contribution is 2.22. The predicted molar refractivity (Wildman–Crippen MR) is 82.7 cm³/mol. The van der Waals surface area contributed by atoms with E-state index in [0.29, 0.717) is 22.8 Å². The Kier molecular flexibility index (Phi) is 4.74. The summed E-state index contributed by atoms with van der Waals surface area (Å²) in [6.45, 7) is 6.18. The van der Waals surface area contributed by atoms with Crippen LogP contribution in [-0.4, -0.2) is 21.2 Å². The number of rotatable bonds is 5. The molecular formula is C14H18ClN5. The van der Waals surface area contributed by atoms with Crippen LogP contribution in [0.5, 0.6) is 0 Å². The molecule has 20 heavy (non-hydrogen) atoms. The van der Waals surface area contributed by atoms with Crippen LogP contribution >= 0.6 is 11.6 Å². The van der Waals surface area contributed by atoms with Gasteiger partial charge in [-0.3, -0.25) is 0 Å². The van der Waals surface area contributed by atoms with Crippen molar-refractivity contribution in [3.63, 3.8) is 0 Å². The van der Waals surface area contributed by atoms with Crippen molar-refractivity contribution in [3.8, 4) is 0 Å². The van der Waals surface area contributed by atoms with Crippen LogP contribution in [0.2, 0.25) is 5.02 Å².